The van der Waals surface area contributed by atoms with Crippen LogP contribution in [0.1, 0.15) is 11.1 Å². The summed E-state index contributed by atoms with van der Waals surface area (Å²) in [6.45, 7) is 1.97. The number of fused-ring (bicyclic) bond motifs is 1. The number of rotatable bonds is 2. The molecule has 0 aliphatic heterocycles. The van der Waals surface area contributed by atoms with Crippen molar-refractivity contribution in [3.05, 3.63) is 53.6 Å². The summed E-state index contributed by atoms with van der Waals surface area (Å²) in [4.78, 5) is 0. The van der Waals surface area contributed by atoms with Crippen LogP contribution in [0.2, 0.25) is 0 Å². The van der Waals surface area contributed by atoms with Gasteiger partial charge in [-0.1, -0.05) is 29.5 Å². The normalized spacial score (nSPS) is 10.8. The molecule has 5 nitrogen and oxygen atoms in total. The van der Waals surface area contributed by atoms with E-state index in [4.69, 9.17) is 11.1 Å². The molecule has 0 saturated heterocycles. The maximum absolute atomic E-state index is 7.70. The molecule has 19 heavy (non-hydrogen) atoms. The number of aryl methyl sites for hydroxylation is 1. The lowest BCUT2D eigenvalue weighted by Gasteiger charge is -2.11. The first-order chi connectivity index (χ1) is 9.18. The zero-order chi connectivity index (χ0) is 13.4. The van der Waals surface area contributed by atoms with E-state index >= 15 is 0 Å². The van der Waals surface area contributed by atoms with E-state index in [0.29, 0.717) is 5.56 Å². The van der Waals surface area contributed by atoms with E-state index in [9.17, 15) is 0 Å². The molecular formula is C14H13N5. The lowest BCUT2D eigenvalue weighted by atomic mass is 10.1. The highest BCUT2D eigenvalue weighted by Crippen LogP contribution is 2.22. The lowest BCUT2D eigenvalue weighted by molar-refractivity contribution is 0.817. The minimum Gasteiger partial charge on any atom is -0.384 e. The summed E-state index contributed by atoms with van der Waals surface area (Å²) in [5.41, 5.74) is 9.85. The summed E-state index contributed by atoms with van der Waals surface area (Å²) in [7, 11) is 0. The second-order valence-corrected chi connectivity index (χ2v) is 4.37. The van der Waals surface area contributed by atoms with Crippen molar-refractivity contribution in [3.63, 3.8) is 0 Å². The maximum atomic E-state index is 7.70. The molecule has 1 heterocycles. The number of para-hydroxylation sites is 2. The molecule has 0 aliphatic carbocycles. The molecule has 0 bridgehead atoms. The van der Waals surface area contributed by atoms with Gasteiger partial charge in [0, 0.05) is 5.56 Å². The Morgan fingerprint density at radius 2 is 1.95 bits per heavy atom. The van der Waals surface area contributed by atoms with E-state index in [1.54, 1.807) is 4.68 Å². The zero-order valence-electron chi connectivity index (χ0n) is 10.5. The third kappa shape index (κ3) is 1.76. The van der Waals surface area contributed by atoms with Crippen LogP contribution < -0.4 is 5.73 Å². The number of amidine groups is 1. The minimum absolute atomic E-state index is 0.0262. The van der Waals surface area contributed by atoms with Crippen LogP contribution in [-0.2, 0) is 0 Å². The number of nitrogens with zero attached hydrogens (tertiary/aromatic N) is 3. The molecule has 0 amide bonds. The summed E-state index contributed by atoms with van der Waals surface area (Å²) < 4.78 is 1.74. The van der Waals surface area contributed by atoms with Gasteiger partial charge in [0.1, 0.15) is 11.4 Å². The van der Waals surface area contributed by atoms with Crippen molar-refractivity contribution in [1.82, 2.24) is 15.0 Å². The van der Waals surface area contributed by atoms with Gasteiger partial charge in [-0.15, -0.1) is 5.10 Å². The van der Waals surface area contributed by atoms with Crippen LogP contribution in [0.4, 0.5) is 0 Å². The summed E-state index contributed by atoms with van der Waals surface area (Å²) in [5, 5.41) is 16.0. The smallest absolute Gasteiger partial charge is 0.124 e. The second kappa shape index (κ2) is 4.20. The fourth-order valence-corrected chi connectivity index (χ4v) is 2.19. The minimum atomic E-state index is 0.0262. The van der Waals surface area contributed by atoms with E-state index < -0.39 is 0 Å². The Morgan fingerprint density at radius 1 is 1.16 bits per heavy atom. The van der Waals surface area contributed by atoms with Gasteiger partial charge in [0.25, 0.3) is 0 Å². The van der Waals surface area contributed by atoms with Gasteiger partial charge in [-0.05, 0) is 30.7 Å². The predicted molar refractivity (Wildman–Crippen MR) is 74.6 cm³/mol. The number of benzene rings is 2. The van der Waals surface area contributed by atoms with Gasteiger partial charge >= 0.3 is 0 Å². The molecular weight excluding hydrogens is 238 g/mol. The Kier molecular flexibility index (Phi) is 2.52. The van der Waals surface area contributed by atoms with Crippen LogP contribution >= 0.6 is 0 Å². The van der Waals surface area contributed by atoms with Crippen molar-refractivity contribution in [1.29, 1.82) is 5.41 Å². The molecule has 3 aromatic rings. The maximum Gasteiger partial charge on any atom is 0.124 e. The van der Waals surface area contributed by atoms with Gasteiger partial charge in [0.05, 0.1) is 11.2 Å². The highest BCUT2D eigenvalue weighted by atomic mass is 15.4. The van der Waals surface area contributed by atoms with Gasteiger partial charge in [0.2, 0.25) is 0 Å². The zero-order valence-corrected chi connectivity index (χ0v) is 10.5. The quantitative estimate of drug-likeness (QED) is 0.540. The highest BCUT2D eigenvalue weighted by molar-refractivity contribution is 5.99. The first-order valence-electron chi connectivity index (χ1n) is 5.93. The largest absolute Gasteiger partial charge is 0.384 e. The average Bonchev–Trinajstić information content (AvgIpc) is 2.82. The fraction of sp³-hybridized carbons (Fsp3) is 0.0714. The average molecular weight is 251 g/mol. The Labute approximate surface area is 110 Å². The first-order valence-corrected chi connectivity index (χ1v) is 5.93. The van der Waals surface area contributed by atoms with Gasteiger partial charge in [-0.2, -0.15) is 0 Å². The molecule has 1 aromatic heterocycles. The molecule has 3 rings (SSSR count). The Bertz CT molecular complexity index is 772. The van der Waals surface area contributed by atoms with Crippen molar-refractivity contribution < 1.29 is 0 Å². The topological polar surface area (TPSA) is 80.6 Å². The molecule has 0 spiro atoms. The fourth-order valence-electron chi connectivity index (χ4n) is 2.19. The van der Waals surface area contributed by atoms with Gasteiger partial charge in [0.15, 0.2) is 0 Å². The van der Waals surface area contributed by atoms with Crippen LogP contribution in [0.25, 0.3) is 16.7 Å². The number of nitrogens with one attached hydrogen (secondary N) is 1. The number of hydrogen-bond donors (Lipinski definition) is 2. The van der Waals surface area contributed by atoms with Crippen molar-refractivity contribution in [2.45, 2.75) is 6.92 Å². The lowest BCUT2D eigenvalue weighted by Crippen LogP contribution is -2.16. The third-order valence-electron chi connectivity index (χ3n) is 3.09. The molecule has 0 atom stereocenters. The summed E-state index contributed by atoms with van der Waals surface area (Å²) in [6, 6.07) is 13.4. The van der Waals surface area contributed by atoms with Crippen LogP contribution in [0.3, 0.4) is 0 Å². The molecule has 94 valence electrons. The van der Waals surface area contributed by atoms with Crippen LogP contribution in [-0.4, -0.2) is 20.8 Å². The second-order valence-electron chi connectivity index (χ2n) is 4.37. The van der Waals surface area contributed by atoms with Gasteiger partial charge in [-0.3, -0.25) is 5.41 Å². The summed E-state index contributed by atoms with van der Waals surface area (Å²) >= 11 is 0. The molecule has 3 N–H and O–H groups in total. The number of hydrogen-bond acceptors (Lipinski definition) is 3. The predicted octanol–water partition coefficient (Wildman–Crippen LogP) is 2.01. The molecule has 0 unspecified atom stereocenters. The third-order valence-corrected chi connectivity index (χ3v) is 3.09. The van der Waals surface area contributed by atoms with Crippen molar-refractivity contribution in [2.24, 2.45) is 5.73 Å². The number of aromatic nitrogens is 3. The van der Waals surface area contributed by atoms with E-state index in [1.165, 1.54) is 0 Å². The van der Waals surface area contributed by atoms with Crippen molar-refractivity contribution >= 4 is 16.9 Å². The van der Waals surface area contributed by atoms with E-state index in [0.717, 1.165) is 22.3 Å². The Hall–Kier alpha value is -2.69. The van der Waals surface area contributed by atoms with Crippen molar-refractivity contribution in [3.8, 4) is 5.69 Å². The molecule has 0 saturated carbocycles. The van der Waals surface area contributed by atoms with Crippen LogP contribution in [0.15, 0.2) is 42.5 Å². The first kappa shape index (κ1) is 11.4. The SMILES string of the molecule is Cc1cccc(C(=N)N)c1-n1nnc2ccccc21. The highest BCUT2D eigenvalue weighted by Gasteiger charge is 2.14. The monoisotopic (exact) mass is 251 g/mol. The van der Waals surface area contributed by atoms with E-state index in [2.05, 4.69) is 10.3 Å². The standard InChI is InChI=1S/C14H13N5/c1-9-5-4-6-10(14(15)16)13(9)19-12-8-3-2-7-11(12)17-18-19/h2-8H,1H3,(H3,15,16). The van der Waals surface area contributed by atoms with E-state index in [-0.39, 0.29) is 5.84 Å². The van der Waals surface area contributed by atoms with Gasteiger partial charge < -0.3 is 5.73 Å². The van der Waals surface area contributed by atoms with Crippen LogP contribution in [0, 0.1) is 12.3 Å². The Morgan fingerprint density at radius 3 is 2.74 bits per heavy atom. The molecule has 0 fully saturated rings. The molecule has 0 radical (unpaired) electrons. The van der Waals surface area contributed by atoms with Crippen LogP contribution in [0.5, 0.6) is 0 Å². The van der Waals surface area contributed by atoms with Gasteiger partial charge in [-0.25, -0.2) is 4.68 Å². The summed E-state index contributed by atoms with van der Waals surface area (Å²) in [6.07, 6.45) is 0. The molecule has 5 heteroatoms. The molecule has 2 aromatic carbocycles. The Balaban J connectivity index is 2.36. The number of nitrogens with two attached hydrogens (primary N) is 1. The van der Waals surface area contributed by atoms with E-state index in [1.807, 2.05) is 49.4 Å². The summed E-state index contributed by atoms with van der Waals surface area (Å²) in [5.74, 6) is 0.0262. The number of nitrogen functional groups attached to an aromatic ring is 1. The molecule has 0 aliphatic rings. The van der Waals surface area contributed by atoms with Crippen molar-refractivity contribution in [2.75, 3.05) is 0 Å².